The molecule has 0 amide bonds. The maximum atomic E-state index is 14.6. The first-order valence-corrected chi connectivity index (χ1v) is 10.8. The van der Waals surface area contributed by atoms with Crippen LogP contribution >= 0.6 is 0 Å². The van der Waals surface area contributed by atoms with Gasteiger partial charge in [-0.05, 0) is 75.6 Å². The summed E-state index contributed by atoms with van der Waals surface area (Å²) in [5.74, 6) is -0.399. The molecule has 180 valence electrons. The molecule has 0 atom stereocenters. The molecule has 0 aliphatic carbocycles. The predicted octanol–water partition coefficient (Wildman–Crippen LogP) is 5.62. The number of hydrogen-bond donors (Lipinski definition) is 0. The molecule has 10 heteroatoms. The van der Waals surface area contributed by atoms with Crippen LogP contribution in [0.1, 0.15) is 31.7 Å². The minimum Gasteiger partial charge on any atom is -0.379 e. The van der Waals surface area contributed by atoms with Gasteiger partial charge in [0.05, 0.1) is 17.7 Å². The Morgan fingerprint density at radius 3 is 2.53 bits per heavy atom. The van der Waals surface area contributed by atoms with Gasteiger partial charge in [0, 0.05) is 18.2 Å². The molecule has 0 saturated heterocycles. The van der Waals surface area contributed by atoms with Crippen molar-refractivity contribution in [3.63, 3.8) is 0 Å². The van der Waals surface area contributed by atoms with E-state index in [9.17, 15) is 17.6 Å². The number of methoxy groups -OCH3 is 1. The monoisotopic (exact) mass is 475 g/mol. The summed E-state index contributed by atoms with van der Waals surface area (Å²) >= 11 is 0. The molecule has 0 aliphatic heterocycles. The van der Waals surface area contributed by atoms with Gasteiger partial charge in [-0.1, -0.05) is 0 Å². The Hall–Kier alpha value is -3.27. The molecule has 0 fully saturated rings. The first-order chi connectivity index (χ1) is 16.1. The van der Waals surface area contributed by atoms with E-state index < -0.39 is 30.2 Å². The van der Waals surface area contributed by atoms with Gasteiger partial charge in [0.1, 0.15) is 23.3 Å². The van der Waals surface area contributed by atoms with Crippen LogP contribution in [0.25, 0.3) is 16.7 Å². The van der Waals surface area contributed by atoms with Gasteiger partial charge in [-0.3, -0.25) is 4.40 Å². The molecular weight excluding hydrogens is 450 g/mol. The number of hydrogen-bond acceptors (Lipinski definition) is 5. The number of fused-ring (bicyclic) bond motifs is 3. The average Bonchev–Trinajstić information content (AvgIpc) is 3.16. The Morgan fingerprint density at radius 2 is 1.82 bits per heavy atom. The van der Waals surface area contributed by atoms with Crippen LogP contribution in [0, 0.1) is 18.6 Å². The van der Waals surface area contributed by atoms with Gasteiger partial charge in [0.25, 0.3) is 12.2 Å². The van der Waals surface area contributed by atoms with Gasteiger partial charge >= 0.3 is 0 Å². The summed E-state index contributed by atoms with van der Waals surface area (Å²) < 4.78 is 63.3. The van der Waals surface area contributed by atoms with Crippen LogP contribution in [-0.4, -0.2) is 45.3 Å². The maximum absolute atomic E-state index is 14.6. The van der Waals surface area contributed by atoms with E-state index in [1.165, 1.54) is 35.2 Å². The number of aromatic nitrogens is 4. The molecule has 2 heterocycles. The molecule has 0 unspecified atom stereocenters. The van der Waals surface area contributed by atoms with Crippen molar-refractivity contribution in [3.8, 4) is 0 Å². The third kappa shape index (κ3) is 4.82. The van der Waals surface area contributed by atoms with E-state index in [0.29, 0.717) is 29.7 Å². The van der Waals surface area contributed by atoms with Gasteiger partial charge in [0.15, 0.2) is 0 Å². The summed E-state index contributed by atoms with van der Waals surface area (Å²) in [4.78, 5) is 5.62. The number of nitrogens with zero attached hydrogens (tertiary/aromatic N) is 5. The highest BCUT2D eigenvalue weighted by atomic mass is 19.3. The molecule has 4 aromatic rings. The second-order valence-corrected chi connectivity index (χ2v) is 8.76. The standard InChI is InChI=1S/C24H25F4N5O/c1-14-30-31-23-29-22(19-12-16(25)5-6-20(19)33(14)23)32(13-21(27)28)18-10-15(9-17(26)11-18)7-8-24(2,3)34-4/h5-6,9-12,21H,7-8,13H2,1-4H3. The van der Waals surface area contributed by atoms with E-state index in [1.807, 2.05) is 13.8 Å². The van der Waals surface area contributed by atoms with E-state index in [-0.39, 0.29) is 22.7 Å². The van der Waals surface area contributed by atoms with Gasteiger partial charge in [-0.2, -0.15) is 4.98 Å². The molecular formula is C24H25F4N5O. The molecule has 34 heavy (non-hydrogen) atoms. The quantitative estimate of drug-likeness (QED) is 0.310. The molecule has 0 saturated carbocycles. The Kier molecular flexibility index (Phi) is 6.44. The van der Waals surface area contributed by atoms with E-state index in [0.717, 1.165) is 0 Å². The maximum Gasteiger partial charge on any atom is 0.257 e. The van der Waals surface area contributed by atoms with Crippen LogP contribution in [0.3, 0.4) is 0 Å². The van der Waals surface area contributed by atoms with E-state index >= 15 is 0 Å². The fourth-order valence-electron chi connectivity index (χ4n) is 3.88. The Bertz CT molecular complexity index is 1340. The summed E-state index contributed by atoms with van der Waals surface area (Å²) in [5, 5.41) is 8.30. The number of benzene rings is 2. The Balaban J connectivity index is 1.89. The van der Waals surface area contributed by atoms with Crippen LogP contribution in [0.5, 0.6) is 0 Å². The molecule has 0 bridgehead atoms. The highest BCUT2D eigenvalue weighted by Gasteiger charge is 2.23. The summed E-state index contributed by atoms with van der Waals surface area (Å²) in [5.41, 5.74) is 0.876. The molecule has 4 rings (SSSR count). The van der Waals surface area contributed by atoms with Crippen molar-refractivity contribution in [1.29, 1.82) is 0 Å². The van der Waals surface area contributed by atoms with Crippen molar-refractivity contribution in [3.05, 3.63) is 59.4 Å². The molecule has 6 nitrogen and oxygen atoms in total. The van der Waals surface area contributed by atoms with Gasteiger partial charge in [0.2, 0.25) is 0 Å². The zero-order valence-corrected chi connectivity index (χ0v) is 19.3. The van der Waals surface area contributed by atoms with E-state index in [4.69, 9.17) is 4.74 Å². The fraction of sp³-hybridized carbons (Fsp3) is 0.375. The third-order valence-corrected chi connectivity index (χ3v) is 5.85. The smallest absolute Gasteiger partial charge is 0.257 e. The van der Waals surface area contributed by atoms with Crippen LogP contribution in [-0.2, 0) is 11.2 Å². The van der Waals surface area contributed by atoms with Crippen LogP contribution in [0.15, 0.2) is 36.4 Å². The number of rotatable bonds is 8. The van der Waals surface area contributed by atoms with Crippen molar-refractivity contribution in [2.45, 2.75) is 45.6 Å². The lowest BCUT2D eigenvalue weighted by Crippen LogP contribution is -2.26. The van der Waals surface area contributed by atoms with Gasteiger partial charge in [-0.15, -0.1) is 10.2 Å². The van der Waals surface area contributed by atoms with Crippen molar-refractivity contribution < 1.29 is 22.3 Å². The van der Waals surface area contributed by atoms with Crippen molar-refractivity contribution in [2.75, 3.05) is 18.6 Å². The Labute approximate surface area is 194 Å². The summed E-state index contributed by atoms with van der Waals surface area (Å²) in [6, 6.07) is 8.18. The second-order valence-electron chi connectivity index (χ2n) is 8.76. The highest BCUT2D eigenvalue weighted by Crippen LogP contribution is 2.34. The predicted molar refractivity (Wildman–Crippen MR) is 122 cm³/mol. The van der Waals surface area contributed by atoms with Gasteiger partial charge < -0.3 is 9.64 Å². The molecule has 0 N–H and O–H groups in total. The SMILES string of the molecule is COC(C)(C)CCc1cc(F)cc(N(CC(F)F)c2nc3nnc(C)n3c3ccc(F)cc23)c1. The van der Waals surface area contributed by atoms with E-state index in [1.54, 1.807) is 24.5 Å². The summed E-state index contributed by atoms with van der Waals surface area (Å²) in [7, 11) is 1.60. The molecule has 0 spiro atoms. The van der Waals surface area contributed by atoms with Crippen molar-refractivity contribution >= 4 is 28.2 Å². The lowest BCUT2D eigenvalue weighted by molar-refractivity contribution is 0.0158. The van der Waals surface area contributed by atoms with Crippen LogP contribution in [0.4, 0.5) is 29.1 Å². The number of alkyl halides is 2. The lowest BCUT2D eigenvalue weighted by Gasteiger charge is -2.26. The Morgan fingerprint density at radius 1 is 1.06 bits per heavy atom. The third-order valence-electron chi connectivity index (χ3n) is 5.85. The normalized spacial score (nSPS) is 12.3. The number of ether oxygens (including phenoxy) is 1. The number of halogens is 4. The number of aryl methyl sites for hydroxylation is 2. The zero-order valence-electron chi connectivity index (χ0n) is 19.3. The van der Waals surface area contributed by atoms with Crippen LogP contribution in [0.2, 0.25) is 0 Å². The van der Waals surface area contributed by atoms with Gasteiger partial charge in [-0.25, -0.2) is 17.6 Å². The summed E-state index contributed by atoms with van der Waals surface area (Å²) in [6.45, 7) is 4.77. The molecule has 2 aromatic carbocycles. The largest absolute Gasteiger partial charge is 0.379 e. The molecule has 2 aromatic heterocycles. The fourth-order valence-corrected chi connectivity index (χ4v) is 3.88. The number of anilines is 2. The second kappa shape index (κ2) is 9.17. The average molecular weight is 475 g/mol. The first kappa shape index (κ1) is 23.9. The minimum atomic E-state index is -2.76. The highest BCUT2D eigenvalue weighted by molar-refractivity contribution is 5.93. The lowest BCUT2D eigenvalue weighted by atomic mass is 9.98. The topological polar surface area (TPSA) is 55.5 Å². The van der Waals surface area contributed by atoms with Crippen molar-refractivity contribution in [1.82, 2.24) is 19.6 Å². The minimum absolute atomic E-state index is 0.0449. The first-order valence-electron chi connectivity index (χ1n) is 10.8. The van der Waals surface area contributed by atoms with E-state index in [2.05, 4.69) is 15.2 Å². The summed E-state index contributed by atoms with van der Waals surface area (Å²) in [6.07, 6.45) is -1.70. The molecule has 0 radical (unpaired) electrons. The van der Waals surface area contributed by atoms with Crippen molar-refractivity contribution in [2.24, 2.45) is 0 Å². The molecule has 0 aliphatic rings. The zero-order chi connectivity index (χ0) is 24.6. The van der Waals surface area contributed by atoms with Crippen LogP contribution < -0.4 is 4.90 Å².